The molecule has 0 aliphatic carbocycles. The number of hydrogen-bond acceptors (Lipinski definition) is 3. The standard InChI is InChI=1S/C13H22N2O/c1-5-16-13(3,4)12(15-14)11-8-6-7-10(2)9-11/h6-9,12,15H,5,14H2,1-4H3. The molecule has 1 rings (SSSR count). The van der Waals surface area contributed by atoms with Gasteiger partial charge in [0.15, 0.2) is 0 Å². The summed E-state index contributed by atoms with van der Waals surface area (Å²) in [5.74, 6) is 5.64. The van der Waals surface area contributed by atoms with E-state index in [1.165, 1.54) is 5.56 Å². The zero-order chi connectivity index (χ0) is 12.2. The van der Waals surface area contributed by atoms with Gasteiger partial charge in [-0.3, -0.25) is 11.3 Å². The smallest absolute Gasteiger partial charge is 0.0833 e. The first-order chi connectivity index (χ1) is 7.51. The average Bonchev–Trinajstić information content (AvgIpc) is 2.18. The highest BCUT2D eigenvalue weighted by molar-refractivity contribution is 5.26. The van der Waals surface area contributed by atoms with Gasteiger partial charge in [-0.2, -0.15) is 0 Å². The number of benzene rings is 1. The summed E-state index contributed by atoms with van der Waals surface area (Å²) in [5.41, 5.74) is 4.90. The summed E-state index contributed by atoms with van der Waals surface area (Å²) < 4.78 is 5.73. The highest BCUT2D eigenvalue weighted by atomic mass is 16.5. The van der Waals surface area contributed by atoms with Gasteiger partial charge >= 0.3 is 0 Å². The summed E-state index contributed by atoms with van der Waals surface area (Å²) in [6, 6.07) is 8.30. The van der Waals surface area contributed by atoms with Gasteiger partial charge in [0.25, 0.3) is 0 Å². The van der Waals surface area contributed by atoms with Gasteiger partial charge in [-0.05, 0) is 33.3 Å². The Labute approximate surface area is 98.0 Å². The van der Waals surface area contributed by atoms with Crippen LogP contribution < -0.4 is 11.3 Å². The zero-order valence-electron chi connectivity index (χ0n) is 10.6. The number of hydrazine groups is 1. The summed E-state index contributed by atoms with van der Waals surface area (Å²) in [7, 11) is 0. The molecule has 90 valence electrons. The van der Waals surface area contributed by atoms with E-state index in [9.17, 15) is 0 Å². The molecule has 3 heteroatoms. The first-order valence-corrected chi connectivity index (χ1v) is 5.68. The van der Waals surface area contributed by atoms with E-state index < -0.39 is 0 Å². The predicted octanol–water partition coefficient (Wildman–Crippen LogP) is 2.31. The third kappa shape index (κ3) is 3.04. The fraction of sp³-hybridized carbons (Fsp3) is 0.538. The fourth-order valence-corrected chi connectivity index (χ4v) is 2.00. The number of nitrogens with one attached hydrogen (secondary N) is 1. The summed E-state index contributed by atoms with van der Waals surface area (Å²) in [4.78, 5) is 0. The Morgan fingerprint density at radius 3 is 2.62 bits per heavy atom. The normalized spacial score (nSPS) is 13.8. The monoisotopic (exact) mass is 222 g/mol. The molecule has 0 heterocycles. The van der Waals surface area contributed by atoms with Crippen LogP contribution in [0.5, 0.6) is 0 Å². The Bertz CT molecular complexity index is 336. The molecular weight excluding hydrogens is 200 g/mol. The molecular formula is C13H22N2O. The molecule has 0 saturated heterocycles. The van der Waals surface area contributed by atoms with Crippen LogP contribution in [-0.4, -0.2) is 12.2 Å². The molecule has 1 unspecified atom stereocenters. The first kappa shape index (κ1) is 13.2. The Morgan fingerprint density at radius 2 is 2.12 bits per heavy atom. The topological polar surface area (TPSA) is 47.3 Å². The van der Waals surface area contributed by atoms with Crippen molar-refractivity contribution in [2.45, 2.75) is 39.3 Å². The summed E-state index contributed by atoms with van der Waals surface area (Å²) in [6.07, 6.45) is 0. The van der Waals surface area contributed by atoms with E-state index in [1.807, 2.05) is 26.8 Å². The molecule has 1 aromatic rings. The lowest BCUT2D eigenvalue weighted by Gasteiger charge is -2.34. The third-order valence-electron chi connectivity index (χ3n) is 2.75. The van der Waals surface area contributed by atoms with Crippen molar-refractivity contribution >= 4 is 0 Å². The summed E-state index contributed by atoms with van der Waals surface area (Å²) >= 11 is 0. The van der Waals surface area contributed by atoms with Crippen molar-refractivity contribution in [3.05, 3.63) is 35.4 Å². The maximum atomic E-state index is 5.73. The number of hydrogen-bond donors (Lipinski definition) is 2. The van der Waals surface area contributed by atoms with E-state index in [1.54, 1.807) is 0 Å². The lowest BCUT2D eigenvalue weighted by molar-refractivity contribution is -0.0392. The van der Waals surface area contributed by atoms with Crippen LogP contribution in [0.4, 0.5) is 0 Å². The molecule has 0 amide bonds. The third-order valence-corrected chi connectivity index (χ3v) is 2.75. The van der Waals surface area contributed by atoms with Gasteiger partial charge in [0, 0.05) is 6.61 Å². The van der Waals surface area contributed by atoms with Crippen LogP contribution in [-0.2, 0) is 4.74 Å². The van der Waals surface area contributed by atoms with Gasteiger partial charge in [-0.15, -0.1) is 0 Å². The van der Waals surface area contributed by atoms with Crippen LogP contribution in [0, 0.1) is 6.92 Å². The van der Waals surface area contributed by atoms with Gasteiger partial charge in [0.2, 0.25) is 0 Å². The van der Waals surface area contributed by atoms with E-state index in [-0.39, 0.29) is 11.6 Å². The number of rotatable bonds is 5. The Kier molecular flexibility index (Phi) is 4.47. The van der Waals surface area contributed by atoms with Crippen molar-refractivity contribution in [3.63, 3.8) is 0 Å². The van der Waals surface area contributed by atoms with Crippen LogP contribution in [0.25, 0.3) is 0 Å². The molecule has 3 N–H and O–H groups in total. The number of aryl methyl sites for hydroxylation is 1. The lowest BCUT2D eigenvalue weighted by atomic mass is 9.91. The van der Waals surface area contributed by atoms with Crippen molar-refractivity contribution in [2.24, 2.45) is 5.84 Å². The van der Waals surface area contributed by atoms with E-state index in [2.05, 4.69) is 30.5 Å². The van der Waals surface area contributed by atoms with E-state index >= 15 is 0 Å². The zero-order valence-corrected chi connectivity index (χ0v) is 10.6. The minimum atomic E-state index is -0.322. The lowest BCUT2D eigenvalue weighted by Crippen LogP contribution is -2.44. The SMILES string of the molecule is CCOC(C)(C)C(NN)c1cccc(C)c1. The Morgan fingerprint density at radius 1 is 1.44 bits per heavy atom. The minimum absolute atomic E-state index is 0.00708. The molecule has 0 fully saturated rings. The van der Waals surface area contributed by atoms with Crippen LogP contribution in [0.2, 0.25) is 0 Å². The van der Waals surface area contributed by atoms with E-state index in [4.69, 9.17) is 10.6 Å². The summed E-state index contributed by atoms with van der Waals surface area (Å²) in [5, 5.41) is 0. The van der Waals surface area contributed by atoms with Crippen LogP contribution in [0.3, 0.4) is 0 Å². The Hall–Kier alpha value is -0.900. The predicted molar refractivity (Wildman–Crippen MR) is 66.9 cm³/mol. The largest absolute Gasteiger partial charge is 0.374 e. The molecule has 0 saturated carbocycles. The quantitative estimate of drug-likeness (QED) is 0.593. The molecule has 1 atom stereocenters. The highest BCUT2D eigenvalue weighted by Gasteiger charge is 2.30. The second-order valence-electron chi connectivity index (χ2n) is 4.55. The van der Waals surface area contributed by atoms with Crippen molar-refractivity contribution in [3.8, 4) is 0 Å². The molecule has 0 spiro atoms. The highest BCUT2D eigenvalue weighted by Crippen LogP contribution is 2.28. The van der Waals surface area contributed by atoms with Crippen LogP contribution >= 0.6 is 0 Å². The van der Waals surface area contributed by atoms with Gasteiger partial charge < -0.3 is 4.74 Å². The van der Waals surface area contributed by atoms with Crippen molar-refractivity contribution < 1.29 is 4.74 Å². The van der Waals surface area contributed by atoms with Crippen LogP contribution in [0.15, 0.2) is 24.3 Å². The van der Waals surface area contributed by atoms with Crippen molar-refractivity contribution in [1.29, 1.82) is 0 Å². The fourth-order valence-electron chi connectivity index (χ4n) is 2.00. The van der Waals surface area contributed by atoms with E-state index in [0.29, 0.717) is 6.61 Å². The maximum absolute atomic E-state index is 5.73. The maximum Gasteiger partial charge on any atom is 0.0833 e. The number of nitrogens with two attached hydrogens (primary N) is 1. The van der Waals surface area contributed by atoms with Gasteiger partial charge in [-0.1, -0.05) is 29.8 Å². The molecule has 16 heavy (non-hydrogen) atoms. The van der Waals surface area contributed by atoms with Gasteiger partial charge in [0.05, 0.1) is 11.6 Å². The van der Waals surface area contributed by atoms with E-state index in [0.717, 1.165) is 5.56 Å². The van der Waals surface area contributed by atoms with Gasteiger partial charge in [-0.25, -0.2) is 0 Å². The van der Waals surface area contributed by atoms with Gasteiger partial charge in [0.1, 0.15) is 0 Å². The van der Waals surface area contributed by atoms with Crippen molar-refractivity contribution in [2.75, 3.05) is 6.61 Å². The second kappa shape index (κ2) is 5.43. The number of ether oxygens (including phenoxy) is 1. The Balaban J connectivity index is 2.98. The average molecular weight is 222 g/mol. The first-order valence-electron chi connectivity index (χ1n) is 5.68. The molecule has 0 aromatic heterocycles. The van der Waals surface area contributed by atoms with Crippen LogP contribution in [0.1, 0.15) is 37.9 Å². The molecule has 0 bridgehead atoms. The minimum Gasteiger partial charge on any atom is -0.374 e. The molecule has 3 nitrogen and oxygen atoms in total. The molecule has 0 aliphatic rings. The molecule has 1 aromatic carbocycles. The van der Waals surface area contributed by atoms with Crippen molar-refractivity contribution in [1.82, 2.24) is 5.43 Å². The second-order valence-corrected chi connectivity index (χ2v) is 4.55. The summed E-state index contributed by atoms with van der Waals surface area (Å²) in [6.45, 7) is 8.83. The molecule has 0 radical (unpaired) electrons. The molecule has 0 aliphatic heterocycles.